The quantitative estimate of drug-likeness (QED) is 0.916. The lowest BCUT2D eigenvalue weighted by molar-refractivity contribution is 0.0794. The molecule has 6 heteroatoms. The Morgan fingerprint density at radius 1 is 1.00 bits per heavy atom. The number of carbonyl (C=O) groups excluding carboxylic acids is 2. The number of hydrogen-bond acceptors (Lipinski definition) is 3. The Kier molecular flexibility index (Phi) is 5.28. The molecule has 2 amide bonds. The van der Waals surface area contributed by atoms with E-state index < -0.39 is 10.8 Å². The summed E-state index contributed by atoms with van der Waals surface area (Å²) in [4.78, 5) is 27.6. The predicted molar refractivity (Wildman–Crippen MR) is 98.3 cm³/mol. The third kappa shape index (κ3) is 3.96. The summed E-state index contributed by atoms with van der Waals surface area (Å²) in [5.74, 6) is -0.347. The van der Waals surface area contributed by atoms with Gasteiger partial charge in [-0.15, -0.1) is 0 Å². The average molecular weight is 356 g/mol. The van der Waals surface area contributed by atoms with Crippen molar-refractivity contribution in [1.29, 1.82) is 0 Å². The number of nitrogens with one attached hydrogen (secondary N) is 1. The highest BCUT2D eigenvalue weighted by atomic mass is 32.2. The van der Waals surface area contributed by atoms with Crippen molar-refractivity contribution in [1.82, 2.24) is 4.90 Å². The predicted octanol–water partition coefficient (Wildman–Crippen LogP) is 2.91. The summed E-state index contributed by atoms with van der Waals surface area (Å²) < 4.78 is 11.4. The summed E-state index contributed by atoms with van der Waals surface area (Å²) in [5.41, 5.74) is 1.47. The summed E-state index contributed by atoms with van der Waals surface area (Å²) in [6.07, 6.45) is 3.63. The van der Waals surface area contributed by atoms with E-state index in [1.165, 1.54) is 0 Å². The zero-order valence-electron chi connectivity index (χ0n) is 14.0. The standard InChI is InChI=1S/C19H20N2O3S/c1-25(24)15-10-8-14(9-11-15)18(22)20-17-7-3-2-6-16(17)19(23)21-12-4-5-13-21/h2-3,6-11H,4-5,12-13H2,1H3,(H,20,22)/t25-/m0/s1. The van der Waals surface area contributed by atoms with Gasteiger partial charge in [-0.1, -0.05) is 12.1 Å². The molecule has 1 aliphatic heterocycles. The molecule has 5 nitrogen and oxygen atoms in total. The Balaban J connectivity index is 1.79. The molecule has 1 saturated heterocycles. The molecule has 0 spiro atoms. The topological polar surface area (TPSA) is 66.5 Å². The summed E-state index contributed by atoms with van der Waals surface area (Å²) in [6, 6.07) is 13.7. The minimum absolute atomic E-state index is 0.0508. The van der Waals surface area contributed by atoms with E-state index in [0.29, 0.717) is 21.7 Å². The number of hydrogen-bond donors (Lipinski definition) is 1. The Bertz CT molecular complexity index is 812. The average Bonchev–Trinajstić information content (AvgIpc) is 3.16. The molecule has 1 heterocycles. The first-order valence-corrected chi connectivity index (χ1v) is 9.75. The molecule has 0 saturated carbocycles. The van der Waals surface area contributed by atoms with Gasteiger partial charge < -0.3 is 10.2 Å². The van der Waals surface area contributed by atoms with E-state index in [0.717, 1.165) is 25.9 Å². The van der Waals surface area contributed by atoms with Gasteiger partial charge in [0.05, 0.1) is 11.3 Å². The third-order valence-corrected chi connectivity index (χ3v) is 5.18. The van der Waals surface area contributed by atoms with Crippen LogP contribution in [0.2, 0.25) is 0 Å². The summed E-state index contributed by atoms with van der Waals surface area (Å²) in [6.45, 7) is 1.52. The molecule has 1 fully saturated rings. The lowest BCUT2D eigenvalue weighted by atomic mass is 10.1. The van der Waals surface area contributed by atoms with Crippen LogP contribution in [0.3, 0.4) is 0 Å². The molecule has 2 aromatic carbocycles. The zero-order valence-corrected chi connectivity index (χ0v) is 14.8. The number of likely N-dealkylation sites (tertiary alicyclic amines) is 1. The Hall–Kier alpha value is -2.47. The first-order valence-electron chi connectivity index (χ1n) is 8.19. The van der Waals surface area contributed by atoms with Crippen LogP contribution in [0.15, 0.2) is 53.4 Å². The second-order valence-electron chi connectivity index (χ2n) is 5.98. The SMILES string of the molecule is C[S@](=O)c1ccc(C(=O)Nc2ccccc2C(=O)N2CCCC2)cc1. The smallest absolute Gasteiger partial charge is 0.255 e. The van der Waals surface area contributed by atoms with Crippen LogP contribution in [0, 0.1) is 0 Å². The maximum Gasteiger partial charge on any atom is 0.255 e. The number of amides is 2. The molecule has 3 rings (SSSR count). The molecule has 0 aliphatic carbocycles. The number of anilines is 1. The molecule has 0 aromatic heterocycles. The fourth-order valence-corrected chi connectivity index (χ4v) is 3.38. The lowest BCUT2D eigenvalue weighted by Gasteiger charge is -2.18. The highest BCUT2D eigenvalue weighted by Gasteiger charge is 2.22. The normalized spacial score (nSPS) is 15.0. The van der Waals surface area contributed by atoms with Gasteiger partial charge in [0.15, 0.2) is 0 Å². The molecule has 1 N–H and O–H groups in total. The van der Waals surface area contributed by atoms with Crippen LogP contribution in [0.25, 0.3) is 0 Å². The van der Waals surface area contributed by atoms with Crippen molar-refractivity contribution in [2.24, 2.45) is 0 Å². The van der Waals surface area contributed by atoms with E-state index in [4.69, 9.17) is 0 Å². The van der Waals surface area contributed by atoms with Crippen LogP contribution in [-0.2, 0) is 10.8 Å². The van der Waals surface area contributed by atoms with Gasteiger partial charge in [-0.3, -0.25) is 13.8 Å². The number of carbonyl (C=O) groups is 2. The number of rotatable bonds is 4. The van der Waals surface area contributed by atoms with Crippen LogP contribution in [0.5, 0.6) is 0 Å². The molecule has 0 radical (unpaired) electrons. The number of benzene rings is 2. The van der Waals surface area contributed by atoms with Gasteiger partial charge in [0, 0.05) is 40.6 Å². The molecule has 130 valence electrons. The van der Waals surface area contributed by atoms with Gasteiger partial charge in [-0.25, -0.2) is 0 Å². The largest absolute Gasteiger partial charge is 0.339 e. The highest BCUT2D eigenvalue weighted by molar-refractivity contribution is 7.84. The lowest BCUT2D eigenvalue weighted by Crippen LogP contribution is -2.28. The summed E-state index contributed by atoms with van der Waals surface area (Å²) in [7, 11) is -1.08. The second kappa shape index (κ2) is 7.61. The maximum atomic E-state index is 12.6. The van der Waals surface area contributed by atoms with Gasteiger partial charge in [-0.2, -0.15) is 0 Å². The summed E-state index contributed by atoms with van der Waals surface area (Å²) in [5, 5.41) is 2.82. The summed E-state index contributed by atoms with van der Waals surface area (Å²) >= 11 is 0. The van der Waals surface area contributed by atoms with Gasteiger partial charge in [-0.05, 0) is 49.2 Å². The van der Waals surface area contributed by atoms with Gasteiger partial charge in [0.25, 0.3) is 11.8 Å². The molecule has 25 heavy (non-hydrogen) atoms. The minimum atomic E-state index is -1.08. The number of para-hydroxylation sites is 1. The molecule has 2 aromatic rings. The van der Waals surface area contributed by atoms with Crippen LogP contribution in [0.4, 0.5) is 5.69 Å². The van der Waals surface area contributed by atoms with Gasteiger partial charge in [0.2, 0.25) is 0 Å². The van der Waals surface area contributed by atoms with Crippen LogP contribution in [0.1, 0.15) is 33.6 Å². The van der Waals surface area contributed by atoms with Gasteiger partial charge in [0.1, 0.15) is 0 Å². The number of nitrogens with zero attached hydrogens (tertiary/aromatic N) is 1. The van der Waals surface area contributed by atoms with E-state index in [9.17, 15) is 13.8 Å². The van der Waals surface area contributed by atoms with E-state index >= 15 is 0 Å². The fourth-order valence-electron chi connectivity index (χ4n) is 2.86. The van der Waals surface area contributed by atoms with Crippen LogP contribution >= 0.6 is 0 Å². The van der Waals surface area contributed by atoms with Gasteiger partial charge >= 0.3 is 0 Å². The third-order valence-electron chi connectivity index (χ3n) is 4.25. The van der Waals surface area contributed by atoms with E-state index in [-0.39, 0.29) is 11.8 Å². The first-order chi connectivity index (χ1) is 12.1. The van der Waals surface area contributed by atoms with E-state index in [1.807, 2.05) is 4.90 Å². The monoisotopic (exact) mass is 356 g/mol. The molecule has 1 aliphatic rings. The van der Waals surface area contributed by atoms with Crippen molar-refractivity contribution in [3.05, 3.63) is 59.7 Å². The first kappa shape index (κ1) is 17.4. The Morgan fingerprint density at radius 2 is 1.64 bits per heavy atom. The van der Waals surface area contributed by atoms with Crippen molar-refractivity contribution in [3.63, 3.8) is 0 Å². The maximum absolute atomic E-state index is 12.6. The van der Waals surface area contributed by atoms with E-state index in [1.54, 1.807) is 54.8 Å². The van der Waals surface area contributed by atoms with Crippen molar-refractivity contribution in [2.75, 3.05) is 24.7 Å². The molecular weight excluding hydrogens is 336 g/mol. The zero-order chi connectivity index (χ0) is 17.8. The molecule has 1 atom stereocenters. The Morgan fingerprint density at radius 3 is 2.28 bits per heavy atom. The van der Waals surface area contributed by atoms with Crippen LogP contribution < -0.4 is 5.32 Å². The minimum Gasteiger partial charge on any atom is -0.339 e. The van der Waals surface area contributed by atoms with Crippen molar-refractivity contribution in [3.8, 4) is 0 Å². The second-order valence-corrected chi connectivity index (χ2v) is 7.36. The molecule has 0 unspecified atom stereocenters. The van der Waals surface area contributed by atoms with Crippen molar-refractivity contribution >= 4 is 28.3 Å². The van der Waals surface area contributed by atoms with Crippen molar-refractivity contribution in [2.45, 2.75) is 17.7 Å². The van der Waals surface area contributed by atoms with E-state index in [2.05, 4.69) is 5.32 Å². The fraction of sp³-hybridized carbons (Fsp3) is 0.263. The highest BCUT2D eigenvalue weighted by Crippen LogP contribution is 2.21. The molecule has 0 bridgehead atoms. The van der Waals surface area contributed by atoms with Crippen LogP contribution in [-0.4, -0.2) is 40.3 Å². The Labute approximate surface area is 149 Å². The van der Waals surface area contributed by atoms with Crippen molar-refractivity contribution < 1.29 is 13.8 Å². The molecular formula is C19H20N2O3S.